The van der Waals surface area contributed by atoms with Crippen molar-refractivity contribution in [2.45, 2.75) is 26.2 Å². The maximum Gasteiger partial charge on any atom is 0.225 e. The van der Waals surface area contributed by atoms with Gasteiger partial charge in [-0.25, -0.2) is 4.98 Å². The first-order chi connectivity index (χ1) is 16.2. The van der Waals surface area contributed by atoms with Gasteiger partial charge in [0.15, 0.2) is 0 Å². The van der Waals surface area contributed by atoms with Crippen LogP contribution < -0.4 is 9.80 Å². The van der Waals surface area contributed by atoms with Gasteiger partial charge in [-0.05, 0) is 37.0 Å². The van der Waals surface area contributed by atoms with E-state index in [4.69, 9.17) is 4.98 Å². The molecule has 0 spiro atoms. The van der Waals surface area contributed by atoms with Crippen molar-refractivity contribution in [3.8, 4) is 0 Å². The monoisotopic (exact) mass is 461 g/mol. The first kappa shape index (κ1) is 21.9. The Hall–Kier alpha value is -2.93. The standard InChI is InChI=1S/C26H31N5OS/c1-20-7-5-6-10-23(20)29-15-17-30(18-16-29)25(32)22-11-13-31(14-12-22)26-27-24(28-33-26)19-21-8-3-2-4-9-21/h2-10,22H,11-19H2,1H3. The molecule has 7 heteroatoms. The molecule has 0 atom stereocenters. The zero-order chi connectivity index (χ0) is 22.6. The number of hydrogen-bond acceptors (Lipinski definition) is 6. The Labute approximate surface area is 200 Å². The Morgan fingerprint density at radius 1 is 0.909 bits per heavy atom. The Kier molecular flexibility index (Phi) is 6.58. The van der Waals surface area contributed by atoms with Crippen LogP contribution in [0.1, 0.15) is 29.8 Å². The molecule has 33 heavy (non-hydrogen) atoms. The van der Waals surface area contributed by atoms with Gasteiger partial charge >= 0.3 is 0 Å². The number of amides is 1. The number of piperazine rings is 1. The lowest BCUT2D eigenvalue weighted by Gasteiger charge is -2.39. The molecular formula is C26H31N5OS. The molecule has 1 amide bonds. The van der Waals surface area contributed by atoms with E-state index in [0.29, 0.717) is 5.91 Å². The third-order valence-corrected chi connectivity index (χ3v) is 7.64. The minimum atomic E-state index is 0.128. The van der Waals surface area contributed by atoms with Crippen LogP contribution in [0.15, 0.2) is 54.6 Å². The van der Waals surface area contributed by atoms with Crippen molar-refractivity contribution in [2.75, 3.05) is 49.1 Å². The van der Waals surface area contributed by atoms with Crippen LogP contribution in [0.4, 0.5) is 10.8 Å². The van der Waals surface area contributed by atoms with Gasteiger partial charge in [-0.1, -0.05) is 48.5 Å². The molecule has 0 radical (unpaired) electrons. The molecule has 0 aliphatic carbocycles. The number of nitrogens with zero attached hydrogens (tertiary/aromatic N) is 5. The molecule has 3 heterocycles. The lowest BCUT2D eigenvalue weighted by atomic mass is 9.95. The number of rotatable bonds is 5. The van der Waals surface area contributed by atoms with Crippen LogP contribution >= 0.6 is 11.5 Å². The summed E-state index contributed by atoms with van der Waals surface area (Å²) in [5, 5.41) is 0.985. The van der Waals surface area contributed by atoms with Gasteiger partial charge in [0.05, 0.1) is 0 Å². The van der Waals surface area contributed by atoms with Crippen LogP contribution in [0.5, 0.6) is 0 Å². The van der Waals surface area contributed by atoms with Gasteiger partial charge in [-0.15, -0.1) is 0 Å². The van der Waals surface area contributed by atoms with Gasteiger partial charge in [0.1, 0.15) is 5.82 Å². The average molecular weight is 462 g/mol. The summed E-state index contributed by atoms with van der Waals surface area (Å²) in [6.45, 7) is 7.34. The summed E-state index contributed by atoms with van der Waals surface area (Å²) in [6.07, 6.45) is 2.55. The van der Waals surface area contributed by atoms with Gasteiger partial charge in [-0.2, -0.15) is 4.37 Å². The van der Waals surface area contributed by atoms with Gasteiger partial charge in [0, 0.05) is 68.8 Å². The molecule has 2 aliphatic heterocycles. The predicted molar refractivity (Wildman–Crippen MR) is 134 cm³/mol. The molecule has 0 N–H and O–H groups in total. The van der Waals surface area contributed by atoms with E-state index in [2.05, 4.69) is 62.4 Å². The molecule has 0 saturated carbocycles. The molecule has 2 aliphatic rings. The summed E-state index contributed by atoms with van der Waals surface area (Å²) in [7, 11) is 0. The largest absolute Gasteiger partial charge is 0.368 e. The summed E-state index contributed by atoms with van der Waals surface area (Å²) in [4.78, 5) is 24.7. The van der Waals surface area contributed by atoms with E-state index in [9.17, 15) is 4.79 Å². The highest BCUT2D eigenvalue weighted by molar-refractivity contribution is 7.09. The van der Waals surface area contributed by atoms with E-state index in [1.54, 1.807) is 0 Å². The number of para-hydroxylation sites is 1. The molecule has 1 aromatic heterocycles. The van der Waals surface area contributed by atoms with Crippen molar-refractivity contribution in [3.63, 3.8) is 0 Å². The molecule has 0 unspecified atom stereocenters. The molecular weight excluding hydrogens is 430 g/mol. The maximum absolute atomic E-state index is 13.2. The van der Waals surface area contributed by atoms with E-state index in [1.165, 1.54) is 28.3 Å². The Balaban J connectivity index is 1.11. The highest BCUT2D eigenvalue weighted by atomic mass is 32.1. The number of carbonyl (C=O) groups is 1. The molecule has 2 saturated heterocycles. The van der Waals surface area contributed by atoms with Gasteiger partial charge < -0.3 is 14.7 Å². The Morgan fingerprint density at radius 3 is 2.33 bits per heavy atom. The summed E-state index contributed by atoms with van der Waals surface area (Å²) in [5.74, 6) is 1.34. The van der Waals surface area contributed by atoms with E-state index in [0.717, 1.165) is 69.5 Å². The smallest absolute Gasteiger partial charge is 0.225 e. The van der Waals surface area contributed by atoms with Crippen molar-refractivity contribution in [3.05, 3.63) is 71.5 Å². The van der Waals surface area contributed by atoms with Crippen LogP contribution in [-0.4, -0.2) is 59.4 Å². The number of aryl methyl sites for hydroxylation is 1. The number of hydrogen-bond donors (Lipinski definition) is 0. The summed E-state index contributed by atoms with van der Waals surface area (Å²) >= 11 is 1.48. The van der Waals surface area contributed by atoms with Crippen LogP contribution in [0.25, 0.3) is 0 Å². The fourth-order valence-corrected chi connectivity index (χ4v) is 5.62. The van der Waals surface area contributed by atoms with Crippen LogP contribution in [0, 0.1) is 12.8 Å². The summed E-state index contributed by atoms with van der Waals surface area (Å²) in [6, 6.07) is 18.9. The first-order valence-electron chi connectivity index (χ1n) is 11.9. The van der Waals surface area contributed by atoms with Crippen molar-refractivity contribution >= 4 is 28.3 Å². The lowest BCUT2D eigenvalue weighted by Crippen LogP contribution is -2.51. The second kappa shape index (κ2) is 9.91. The van der Waals surface area contributed by atoms with Gasteiger partial charge in [-0.3, -0.25) is 4.79 Å². The third kappa shape index (κ3) is 5.03. The highest BCUT2D eigenvalue weighted by Gasteiger charge is 2.31. The Morgan fingerprint density at radius 2 is 1.61 bits per heavy atom. The molecule has 0 bridgehead atoms. The van der Waals surface area contributed by atoms with E-state index < -0.39 is 0 Å². The zero-order valence-electron chi connectivity index (χ0n) is 19.2. The number of carbonyl (C=O) groups excluding carboxylic acids is 1. The lowest BCUT2D eigenvalue weighted by molar-refractivity contribution is -0.136. The summed E-state index contributed by atoms with van der Waals surface area (Å²) < 4.78 is 4.56. The quantitative estimate of drug-likeness (QED) is 0.575. The molecule has 3 aromatic rings. The second-order valence-corrected chi connectivity index (χ2v) is 9.75. The average Bonchev–Trinajstić information content (AvgIpc) is 3.33. The van der Waals surface area contributed by atoms with E-state index in [-0.39, 0.29) is 5.92 Å². The van der Waals surface area contributed by atoms with Crippen LogP contribution in [-0.2, 0) is 11.2 Å². The Bertz CT molecular complexity index is 1070. The van der Waals surface area contributed by atoms with Gasteiger partial charge in [0.2, 0.25) is 11.0 Å². The number of piperidine rings is 1. The first-order valence-corrected chi connectivity index (χ1v) is 12.7. The van der Waals surface area contributed by atoms with Gasteiger partial charge in [0.25, 0.3) is 0 Å². The zero-order valence-corrected chi connectivity index (χ0v) is 20.0. The van der Waals surface area contributed by atoms with E-state index >= 15 is 0 Å². The molecule has 2 aromatic carbocycles. The topological polar surface area (TPSA) is 52.6 Å². The SMILES string of the molecule is Cc1ccccc1N1CCN(C(=O)C2CCN(c3nc(Cc4ccccc4)ns3)CC2)CC1. The van der Waals surface area contributed by atoms with Crippen molar-refractivity contribution in [1.29, 1.82) is 0 Å². The minimum absolute atomic E-state index is 0.128. The van der Waals surface area contributed by atoms with E-state index in [1.807, 2.05) is 18.2 Å². The van der Waals surface area contributed by atoms with Crippen molar-refractivity contribution in [2.24, 2.45) is 5.92 Å². The highest BCUT2D eigenvalue weighted by Crippen LogP contribution is 2.27. The molecule has 2 fully saturated rings. The number of aromatic nitrogens is 2. The fourth-order valence-electron chi connectivity index (χ4n) is 4.89. The molecule has 6 nitrogen and oxygen atoms in total. The molecule has 172 valence electrons. The molecule has 5 rings (SSSR count). The minimum Gasteiger partial charge on any atom is -0.368 e. The van der Waals surface area contributed by atoms with Crippen molar-refractivity contribution in [1.82, 2.24) is 14.3 Å². The third-order valence-electron chi connectivity index (χ3n) is 6.82. The van der Waals surface area contributed by atoms with Crippen LogP contribution in [0.2, 0.25) is 0 Å². The van der Waals surface area contributed by atoms with Crippen LogP contribution in [0.3, 0.4) is 0 Å². The number of anilines is 2. The maximum atomic E-state index is 13.2. The van der Waals surface area contributed by atoms with Crippen molar-refractivity contribution < 1.29 is 4.79 Å². The summed E-state index contributed by atoms with van der Waals surface area (Å²) in [5.41, 5.74) is 3.82. The number of benzene rings is 2. The normalized spacial score (nSPS) is 17.4. The predicted octanol–water partition coefficient (Wildman–Crippen LogP) is 4.00. The second-order valence-electron chi connectivity index (χ2n) is 9.02. The fraction of sp³-hybridized carbons (Fsp3) is 0.423.